The zero-order valence-corrected chi connectivity index (χ0v) is 10.7. The van der Waals surface area contributed by atoms with Gasteiger partial charge in [0, 0.05) is 17.2 Å². The number of hydrogen-bond donors (Lipinski definition) is 1. The Bertz CT molecular complexity index is 370. The van der Waals surface area contributed by atoms with Crippen molar-refractivity contribution < 1.29 is 8.42 Å². The molecule has 0 radical (unpaired) electrons. The van der Waals surface area contributed by atoms with Crippen molar-refractivity contribution in [1.29, 1.82) is 0 Å². The molecule has 0 fully saturated rings. The summed E-state index contributed by atoms with van der Waals surface area (Å²) in [4.78, 5) is 1.29. The van der Waals surface area contributed by atoms with Crippen LogP contribution in [-0.4, -0.2) is 33.5 Å². The van der Waals surface area contributed by atoms with Gasteiger partial charge < -0.3 is 5.32 Å². The van der Waals surface area contributed by atoms with Crippen LogP contribution in [0.2, 0.25) is 0 Å². The van der Waals surface area contributed by atoms with E-state index in [2.05, 4.69) is 11.4 Å². The first-order chi connectivity index (χ1) is 7.01. The van der Waals surface area contributed by atoms with Crippen molar-refractivity contribution in [2.45, 2.75) is 18.9 Å². The maximum atomic E-state index is 11.0. The molecule has 1 heterocycles. The van der Waals surface area contributed by atoms with E-state index in [1.807, 2.05) is 18.5 Å². The predicted molar refractivity (Wildman–Crippen MR) is 65.2 cm³/mol. The van der Waals surface area contributed by atoms with Gasteiger partial charge in [0.15, 0.2) is 0 Å². The molecule has 1 aromatic heterocycles. The summed E-state index contributed by atoms with van der Waals surface area (Å²) in [5.74, 6) is 0.254. The lowest BCUT2D eigenvalue weighted by molar-refractivity contribution is 0.537. The molecule has 0 aliphatic carbocycles. The summed E-state index contributed by atoms with van der Waals surface area (Å²) in [7, 11) is -0.969. The Morgan fingerprint density at radius 2 is 2.27 bits per heavy atom. The number of nitrogens with one attached hydrogen (secondary N) is 1. The molecule has 1 unspecified atom stereocenters. The zero-order chi connectivity index (χ0) is 11.3. The standard InChI is InChI=1S/C10H17NO2S2/c1-11-9(5-7-15(2,12)13)8-10-4-3-6-14-10/h3-4,6,9,11H,5,7-8H2,1-2H3. The monoisotopic (exact) mass is 247 g/mol. The molecule has 0 aliphatic rings. The molecule has 0 spiro atoms. The normalized spacial score (nSPS) is 14.0. The van der Waals surface area contributed by atoms with Gasteiger partial charge in [-0.1, -0.05) is 6.07 Å². The van der Waals surface area contributed by atoms with Crippen molar-refractivity contribution in [3.8, 4) is 0 Å². The molecule has 15 heavy (non-hydrogen) atoms. The van der Waals surface area contributed by atoms with Crippen LogP contribution in [0.1, 0.15) is 11.3 Å². The third-order valence-corrected chi connectivity index (χ3v) is 4.15. The number of sulfone groups is 1. The fourth-order valence-electron chi connectivity index (χ4n) is 1.38. The van der Waals surface area contributed by atoms with E-state index >= 15 is 0 Å². The number of thiophene rings is 1. The molecule has 0 aliphatic heterocycles. The van der Waals surface area contributed by atoms with E-state index in [4.69, 9.17) is 0 Å². The molecule has 86 valence electrons. The van der Waals surface area contributed by atoms with Crippen molar-refractivity contribution in [3.05, 3.63) is 22.4 Å². The molecule has 1 aromatic rings. The summed E-state index contributed by atoms with van der Waals surface area (Å²) in [5, 5.41) is 5.20. The Hall–Kier alpha value is -0.390. The Kier molecular flexibility index (Phi) is 4.76. The quantitative estimate of drug-likeness (QED) is 0.824. The lowest BCUT2D eigenvalue weighted by atomic mass is 10.1. The first kappa shape index (κ1) is 12.7. The van der Waals surface area contributed by atoms with Crippen LogP contribution in [0.25, 0.3) is 0 Å². The van der Waals surface area contributed by atoms with E-state index in [1.165, 1.54) is 11.1 Å². The van der Waals surface area contributed by atoms with Gasteiger partial charge in [-0.05, 0) is 31.3 Å². The summed E-state index contributed by atoms with van der Waals surface area (Å²) in [5.41, 5.74) is 0. The molecule has 0 bridgehead atoms. The summed E-state index contributed by atoms with van der Waals surface area (Å²) in [6.07, 6.45) is 2.86. The van der Waals surface area contributed by atoms with E-state index in [-0.39, 0.29) is 11.8 Å². The van der Waals surface area contributed by atoms with Crippen LogP contribution in [0.5, 0.6) is 0 Å². The van der Waals surface area contributed by atoms with Gasteiger partial charge in [-0.15, -0.1) is 11.3 Å². The smallest absolute Gasteiger partial charge is 0.147 e. The van der Waals surface area contributed by atoms with Gasteiger partial charge in [-0.25, -0.2) is 8.42 Å². The van der Waals surface area contributed by atoms with Crippen LogP contribution < -0.4 is 5.32 Å². The van der Waals surface area contributed by atoms with Crippen molar-refractivity contribution >= 4 is 21.2 Å². The molecular weight excluding hydrogens is 230 g/mol. The molecular formula is C10H17NO2S2. The second-order valence-corrected chi connectivity index (χ2v) is 6.98. The SMILES string of the molecule is CNC(CCS(C)(=O)=O)Cc1cccs1. The van der Waals surface area contributed by atoms with Crippen molar-refractivity contribution in [2.75, 3.05) is 19.1 Å². The highest BCUT2D eigenvalue weighted by Crippen LogP contribution is 2.12. The molecule has 5 heteroatoms. The molecule has 0 saturated heterocycles. The Morgan fingerprint density at radius 3 is 2.73 bits per heavy atom. The van der Waals surface area contributed by atoms with E-state index in [0.29, 0.717) is 6.42 Å². The van der Waals surface area contributed by atoms with E-state index in [1.54, 1.807) is 11.3 Å². The molecule has 1 rings (SSSR count). The number of likely N-dealkylation sites (N-methyl/N-ethyl adjacent to an activating group) is 1. The van der Waals surface area contributed by atoms with Crippen LogP contribution in [0.15, 0.2) is 17.5 Å². The second-order valence-electron chi connectivity index (χ2n) is 3.69. The third kappa shape index (κ3) is 5.30. The fourth-order valence-corrected chi connectivity index (χ4v) is 2.88. The maximum absolute atomic E-state index is 11.0. The Morgan fingerprint density at radius 1 is 1.53 bits per heavy atom. The lowest BCUT2D eigenvalue weighted by Gasteiger charge is -2.14. The van der Waals surface area contributed by atoms with Crippen LogP contribution in [0, 0.1) is 0 Å². The molecule has 0 saturated carbocycles. The van der Waals surface area contributed by atoms with Crippen molar-refractivity contribution in [1.82, 2.24) is 5.32 Å². The summed E-state index contributed by atoms with van der Waals surface area (Å²) < 4.78 is 22.1. The van der Waals surface area contributed by atoms with Gasteiger partial charge in [-0.2, -0.15) is 0 Å². The lowest BCUT2D eigenvalue weighted by Crippen LogP contribution is -2.29. The maximum Gasteiger partial charge on any atom is 0.147 e. The van der Waals surface area contributed by atoms with Gasteiger partial charge >= 0.3 is 0 Å². The zero-order valence-electron chi connectivity index (χ0n) is 9.06. The van der Waals surface area contributed by atoms with Gasteiger partial charge in [0.05, 0.1) is 5.75 Å². The van der Waals surface area contributed by atoms with Gasteiger partial charge in [-0.3, -0.25) is 0 Å². The van der Waals surface area contributed by atoms with Crippen molar-refractivity contribution in [2.24, 2.45) is 0 Å². The highest BCUT2D eigenvalue weighted by atomic mass is 32.2. The molecule has 0 aromatic carbocycles. The van der Waals surface area contributed by atoms with Crippen LogP contribution >= 0.6 is 11.3 Å². The minimum Gasteiger partial charge on any atom is -0.317 e. The topological polar surface area (TPSA) is 46.2 Å². The first-order valence-electron chi connectivity index (χ1n) is 4.88. The van der Waals surface area contributed by atoms with Crippen LogP contribution in [-0.2, 0) is 16.3 Å². The fraction of sp³-hybridized carbons (Fsp3) is 0.600. The van der Waals surface area contributed by atoms with Crippen LogP contribution in [0.3, 0.4) is 0 Å². The van der Waals surface area contributed by atoms with Crippen LogP contribution in [0.4, 0.5) is 0 Å². The van der Waals surface area contributed by atoms with Gasteiger partial charge in [0.25, 0.3) is 0 Å². The Labute approximate surface area is 95.4 Å². The molecule has 0 amide bonds. The molecule has 3 nitrogen and oxygen atoms in total. The van der Waals surface area contributed by atoms with E-state index < -0.39 is 9.84 Å². The second kappa shape index (κ2) is 5.63. The molecule has 1 atom stereocenters. The number of rotatable bonds is 6. The average molecular weight is 247 g/mol. The largest absolute Gasteiger partial charge is 0.317 e. The Balaban J connectivity index is 2.43. The average Bonchev–Trinajstić information content (AvgIpc) is 2.63. The minimum atomic E-state index is -2.84. The van der Waals surface area contributed by atoms with Crippen molar-refractivity contribution in [3.63, 3.8) is 0 Å². The first-order valence-corrected chi connectivity index (χ1v) is 7.82. The number of hydrogen-bond acceptors (Lipinski definition) is 4. The summed E-state index contributed by atoms with van der Waals surface area (Å²) >= 11 is 1.71. The van der Waals surface area contributed by atoms with Gasteiger partial charge in [0.2, 0.25) is 0 Å². The summed E-state index contributed by atoms with van der Waals surface area (Å²) in [6, 6.07) is 4.34. The summed E-state index contributed by atoms with van der Waals surface area (Å²) in [6.45, 7) is 0. The molecule has 1 N–H and O–H groups in total. The minimum absolute atomic E-state index is 0.248. The highest BCUT2D eigenvalue weighted by Gasteiger charge is 2.11. The highest BCUT2D eigenvalue weighted by molar-refractivity contribution is 7.90. The van der Waals surface area contributed by atoms with E-state index in [9.17, 15) is 8.42 Å². The van der Waals surface area contributed by atoms with E-state index in [0.717, 1.165) is 6.42 Å². The third-order valence-electron chi connectivity index (χ3n) is 2.27. The predicted octanol–water partition coefficient (Wildman–Crippen LogP) is 1.31. The van der Waals surface area contributed by atoms with Gasteiger partial charge in [0.1, 0.15) is 9.84 Å².